The van der Waals surface area contributed by atoms with Gasteiger partial charge in [-0.25, -0.2) is 0 Å². The Morgan fingerprint density at radius 1 is 0.714 bits per heavy atom. The van der Waals surface area contributed by atoms with E-state index in [9.17, 15) is 0 Å². The highest BCUT2D eigenvalue weighted by atomic mass is 16.7. The van der Waals surface area contributed by atoms with Crippen LogP contribution >= 0.6 is 0 Å². The molecule has 0 radical (unpaired) electrons. The fourth-order valence-electron chi connectivity index (χ4n) is 3.46. The van der Waals surface area contributed by atoms with Crippen LogP contribution in [0.25, 0.3) is 0 Å². The maximum Gasteiger partial charge on any atom is 0.104 e. The Labute approximate surface area is 169 Å². The van der Waals surface area contributed by atoms with E-state index < -0.39 is 0 Å². The van der Waals surface area contributed by atoms with Gasteiger partial charge in [0.15, 0.2) is 0 Å². The lowest BCUT2D eigenvalue weighted by Crippen LogP contribution is -2.24. The average molecular weight is 374 g/mol. The Balaban J connectivity index is 1.68. The molecule has 0 saturated carbocycles. The van der Waals surface area contributed by atoms with Gasteiger partial charge in [0.05, 0.1) is 6.04 Å². The molecule has 0 unspecified atom stereocenters. The lowest BCUT2D eigenvalue weighted by atomic mass is 10.0. The molecule has 0 heterocycles. The molecule has 0 saturated heterocycles. The Kier molecular flexibility index (Phi) is 8.29. The van der Waals surface area contributed by atoms with Crippen molar-refractivity contribution < 1.29 is 4.84 Å². The molecule has 1 N–H and O–H groups in total. The monoisotopic (exact) mass is 373 g/mol. The summed E-state index contributed by atoms with van der Waals surface area (Å²) in [6.45, 7) is 2.23. The first-order chi connectivity index (χ1) is 13.9. The third-order valence-corrected chi connectivity index (χ3v) is 5.11. The lowest BCUT2D eigenvalue weighted by molar-refractivity contribution is -0.0520. The maximum atomic E-state index is 6.31. The molecule has 0 fully saturated rings. The summed E-state index contributed by atoms with van der Waals surface area (Å²) in [6, 6.07) is 32.0. The minimum absolute atomic E-state index is 0.0224. The molecule has 0 aliphatic carbocycles. The maximum absolute atomic E-state index is 6.31. The van der Waals surface area contributed by atoms with Crippen LogP contribution in [0.5, 0.6) is 0 Å². The van der Waals surface area contributed by atoms with Crippen LogP contribution in [0.3, 0.4) is 0 Å². The van der Waals surface area contributed by atoms with E-state index in [0.29, 0.717) is 0 Å². The molecule has 3 aromatic rings. The van der Waals surface area contributed by atoms with Gasteiger partial charge in [-0.2, -0.15) is 5.48 Å². The van der Waals surface area contributed by atoms with Gasteiger partial charge >= 0.3 is 0 Å². The second kappa shape index (κ2) is 11.4. The topological polar surface area (TPSA) is 21.3 Å². The fraction of sp³-hybridized carbons (Fsp3) is 0.308. The van der Waals surface area contributed by atoms with E-state index in [1.807, 2.05) is 0 Å². The molecule has 2 heteroatoms. The molecule has 2 nitrogen and oxygen atoms in total. The zero-order valence-corrected chi connectivity index (χ0v) is 16.8. The first-order valence-electron chi connectivity index (χ1n) is 10.4. The summed E-state index contributed by atoms with van der Waals surface area (Å²) in [4.78, 5) is 6.31. The van der Waals surface area contributed by atoms with E-state index in [0.717, 1.165) is 19.3 Å². The average Bonchev–Trinajstić information content (AvgIpc) is 2.77. The molecule has 0 amide bonds. The summed E-state index contributed by atoms with van der Waals surface area (Å²) in [6.07, 6.45) is 5.38. The van der Waals surface area contributed by atoms with Crippen LogP contribution in [0, 0.1) is 0 Å². The third-order valence-electron chi connectivity index (χ3n) is 5.11. The number of unbranched alkanes of at least 4 members (excludes halogenated alkanes) is 1. The summed E-state index contributed by atoms with van der Waals surface area (Å²) < 4.78 is 0. The summed E-state index contributed by atoms with van der Waals surface area (Å²) >= 11 is 0. The Morgan fingerprint density at radius 2 is 1.29 bits per heavy atom. The van der Waals surface area contributed by atoms with E-state index in [1.54, 1.807) is 0 Å². The van der Waals surface area contributed by atoms with Crippen molar-refractivity contribution in [1.29, 1.82) is 0 Å². The van der Waals surface area contributed by atoms with Gasteiger partial charge in [-0.15, -0.1) is 0 Å². The van der Waals surface area contributed by atoms with Crippen molar-refractivity contribution in [2.45, 2.75) is 51.2 Å². The van der Waals surface area contributed by atoms with Crippen LogP contribution in [0.2, 0.25) is 0 Å². The van der Waals surface area contributed by atoms with Gasteiger partial charge in [0.25, 0.3) is 0 Å². The number of hydrogen-bond acceptors (Lipinski definition) is 2. The van der Waals surface area contributed by atoms with Crippen molar-refractivity contribution in [3.8, 4) is 0 Å². The van der Waals surface area contributed by atoms with Crippen molar-refractivity contribution in [1.82, 2.24) is 5.48 Å². The second-order valence-corrected chi connectivity index (χ2v) is 7.26. The molecular weight excluding hydrogens is 342 g/mol. The minimum Gasteiger partial charge on any atom is -0.293 e. The summed E-state index contributed by atoms with van der Waals surface area (Å²) in [5.74, 6) is 0. The van der Waals surface area contributed by atoms with Crippen LogP contribution in [-0.2, 0) is 11.3 Å². The first-order valence-corrected chi connectivity index (χ1v) is 10.4. The number of rotatable bonds is 11. The van der Waals surface area contributed by atoms with Gasteiger partial charge in [-0.05, 0) is 36.0 Å². The molecule has 0 bridgehead atoms. The first kappa shape index (κ1) is 20.3. The zero-order valence-electron chi connectivity index (χ0n) is 16.8. The molecule has 0 spiro atoms. The Morgan fingerprint density at radius 3 is 1.89 bits per heavy atom. The standard InChI is InChI=1S/C26H31NO/c1-2-3-19-25(23-15-9-5-10-16-23)27-28-26(24-17-11-6-12-18-24)21-20-22-13-7-4-8-14-22/h4-18,25-27H,2-3,19-21H2,1H3/t25-,26-/m0/s1. The van der Waals surface area contributed by atoms with Gasteiger partial charge < -0.3 is 0 Å². The summed E-state index contributed by atoms with van der Waals surface area (Å²) in [5, 5.41) is 0. The van der Waals surface area contributed by atoms with Gasteiger partial charge in [0, 0.05) is 0 Å². The normalized spacial score (nSPS) is 13.2. The highest BCUT2D eigenvalue weighted by Gasteiger charge is 2.17. The molecule has 2 atom stereocenters. The highest BCUT2D eigenvalue weighted by molar-refractivity contribution is 5.20. The molecule has 28 heavy (non-hydrogen) atoms. The lowest BCUT2D eigenvalue weighted by Gasteiger charge is -2.24. The smallest absolute Gasteiger partial charge is 0.104 e. The largest absolute Gasteiger partial charge is 0.293 e. The molecular formula is C26H31NO. The quantitative estimate of drug-likeness (QED) is 0.373. The van der Waals surface area contributed by atoms with Crippen molar-refractivity contribution in [3.05, 3.63) is 108 Å². The molecule has 146 valence electrons. The van der Waals surface area contributed by atoms with Crippen LogP contribution in [-0.4, -0.2) is 0 Å². The van der Waals surface area contributed by atoms with Crippen LogP contribution in [0.15, 0.2) is 91.0 Å². The highest BCUT2D eigenvalue weighted by Crippen LogP contribution is 2.25. The third kappa shape index (κ3) is 6.33. The second-order valence-electron chi connectivity index (χ2n) is 7.26. The van der Waals surface area contributed by atoms with Crippen molar-refractivity contribution in [3.63, 3.8) is 0 Å². The molecule has 3 rings (SSSR count). The molecule has 3 aromatic carbocycles. The predicted octanol–water partition coefficient (Wildman–Crippen LogP) is 6.81. The summed E-state index contributed by atoms with van der Waals surface area (Å²) in [7, 11) is 0. The molecule has 0 aliphatic rings. The van der Waals surface area contributed by atoms with Gasteiger partial charge in [-0.3, -0.25) is 4.84 Å². The van der Waals surface area contributed by atoms with Crippen molar-refractivity contribution >= 4 is 0 Å². The van der Waals surface area contributed by atoms with Gasteiger partial charge in [0.1, 0.15) is 6.10 Å². The van der Waals surface area contributed by atoms with Gasteiger partial charge in [0.2, 0.25) is 0 Å². The van der Waals surface area contributed by atoms with E-state index in [4.69, 9.17) is 4.84 Å². The SMILES string of the molecule is CCCC[C@H](NO[C@@H](CCc1ccccc1)c1ccccc1)c1ccccc1. The van der Waals surface area contributed by atoms with Crippen molar-refractivity contribution in [2.75, 3.05) is 0 Å². The van der Waals surface area contributed by atoms with E-state index >= 15 is 0 Å². The van der Waals surface area contributed by atoms with Crippen LogP contribution < -0.4 is 5.48 Å². The van der Waals surface area contributed by atoms with E-state index in [-0.39, 0.29) is 12.1 Å². The van der Waals surface area contributed by atoms with E-state index in [2.05, 4.69) is 103 Å². The van der Waals surface area contributed by atoms with Crippen molar-refractivity contribution in [2.24, 2.45) is 0 Å². The Bertz CT molecular complexity index is 773. The number of benzene rings is 3. The van der Waals surface area contributed by atoms with Crippen LogP contribution in [0.4, 0.5) is 0 Å². The van der Waals surface area contributed by atoms with E-state index in [1.165, 1.54) is 29.5 Å². The molecule has 0 aromatic heterocycles. The molecule has 0 aliphatic heterocycles. The van der Waals surface area contributed by atoms with Crippen LogP contribution in [0.1, 0.15) is 61.4 Å². The zero-order chi connectivity index (χ0) is 19.4. The fourth-order valence-corrected chi connectivity index (χ4v) is 3.46. The van der Waals surface area contributed by atoms with Gasteiger partial charge in [-0.1, -0.05) is 111 Å². The summed E-state index contributed by atoms with van der Waals surface area (Å²) in [5.41, 5.74) is 7.25. The number of hydrogen-bond donors (Lipinski definition) is 1. The minimum atomic E-state index is 0.0224. The number of hydroxylamine groups is 1. The number of nitrogens with one attached hydrogen (secondary N) is 1. The predicted molar refractivity (Wildman–Crippen MR) is 117 cm³/mol. The number of aryl methyl sites for hydroxylation is 1. The Hall–Kier alpha value is -2.42.